The Kier molecular flexibility index (Phi) is 10.5. The highest BCUT2D eigenvalue weighted by Gasteiger charge is 2.71. The molecule has 0 atom stereocenters. The normalized spacial score (nSPS) is 14.2. The summed E-state index contributed by atoms with van der Waals surface area (Å²) >= 11 is 0. The van der Waals surface area contributed by atoms with Crippen LogP contribution in [0, 0.1) is 0 Å². The van der Waals surface area contributed by atoms with Gasteiger partial charge in [-0.05, 0) is 19.3 Å². The fraction of sp³-hybridized carbons (Fsp3) is 0.938. The summed E-state index contributed by atoms with van der Waals surface area (Å²) in [5.74, 6) is -1.37. The van der Waals surface area contributed by atoms with E-state index in [9.17, 15) is 43.9 Å². The van der Waals surface area contributed by atoms with Gasteiger partial charge in [0.1, 0.15) is 0 Å². The molecule has 0 spiro atoms. The van der Waals surface area contributed by atoms with Crippen molar-refractivity contribution in [2.75, 3.05) is 39.5 Å². The Morgan fingerprint density at radius 2 is 1.40 bits per heavy atom. The van der Waals surface area contributed by atoms with Crippen LogP contribution in [0.5, 0.6) is 0 Å². The van der Waals surface area contributed by atoms with Crippen LogP contribution < -0.4 is 4.72 Å². The standard InChI is InChI=1S/C16H27F7N2O4S/c1-25(2,12-13(26)27)10-7-9-24-30(28,29)11-6-4-3-5-8-14(17,15(18,19)20)16(21,22)23/h24H,3-12H2,1-2H3/p+1. The number of halogens is 7. The van der Waals surface area contributed by atoms with E-state index in [1.165, 1.54) is 0 Å². The molecule has 6 nitrogen and oxygen atoms in total. The summed E-state index contributed by atoms with van der Waals surface area (Å²) < 4.78 is 114. The van der Waals surface area contributed by atoms with Crippen LogP contribution in [0.15, 0.2) is 0 Å². The van der Waals surface area contributed by atoms with Crippen molar-refractivity contribution < 1.29 is 53.5 Å². The van der Waals surface area contributed by atoms with Crippen molar-refractivity contribution in [1.82, 2.24) is 4.72 Å². The Morgan fingerprint density at radius 3 is 1.87 bits per heavy atom. The number of carboxylic acid groups (broad SMARTS) is 1. The zero-order valence-corrected chi connectivity index (χ0v) is 17.6. The predicted molar refractivity (Wildman–Crippen MR) is 94.9 cm³/mol. The van der Waals surface area contributed by atoms with Gasteiger partial charge >= 0.3 is 18.3 Å². The summed E-state index contributed by atoms with van der Waals surface area (Å²) in [4.78, 5) is 10.7. The number of rotatable bonds is 14. The van der Waals surface area contributed by atoms with Gasteiger partial charge in [-0.15, -0.1) is 0 Å². The third-order valence-corrected chi connectivity index (χ3v) is 5.88. The number of unbranched alkanes of at least 4 members (excludes halogenated alkanes) is 3. The minimum absolute atomic E-state index is 0.00672. The summed E-state index contributed by atoms with van der Waals surface area (Å²) in [6.45, 7) is 0.332. The highest BCUT2D eigenvalue weighted by atomic mass is 32.2. The van der Waals surface area contributed by atoms with Crippen LogP contribution in [0.2, 0.25) is 0 Å². The molecule has 14 heteroatoms. The zero-order valence-electron chi connectivity index (χ0n) is 16.7. The van der Waals surface area contributed by atoms with E-state index in [2.05, 4.69) is 4.72 Å². The minimum Gasteiger partial charge on any atom is -0.477 e. The molecule has 30 heavy (non-hydrogen) atoms. The first-order chi connectivity index (χ1) is 13.3. The zero-order chi connectivity index (χ0) is 23.9. The Bertz CT molecular complexity index is 635. The van der Waals surface area contributed by atoms with Gasteiger partial charge in [0, 0.05) is 13.0 Å². The quantitative estimate of drug-likeness (QED) is 0.229. The summed E-state index contributed by atoms with van der Waals surface area (Å²) in [7, 11) is -0.346. The van der Waals surface area contributed by atoms with Crippen LogP contribution in [-0.4, -0.2) is 81.5 Å². The molecule has 0 aliphatic heterocycles. The summed E-state index contributed by atoms with van der Waals surface area (Å²) in [6.07, 6.45) is -14.4. The Hall–Kier alpha value is -1.15. The lowest BCUT2D eigenvalue weighted by Gasteiger charge is -2.29. The molecule has 0 aliphatic rings. The van der Waals surface area contributed by atoms with E-state index in [0.29, 0.717) is 13.0 Å². The van der Waals surface area contributed by atoms with Crippen molar-refractivity contribution in [3.8, 4) is 0 Å². The lowest BCUT2D eigenvalue weighted by molar-refractivity contribution is -0.883. The monoisotopic (exact) mass is 477 g/mol. The van der Waals surface area contributed by atoms with Crippen LogP contribution >= 0.6 is 0 Å². The van der Waals surface area contributed by atoms with E-state index in [-0.39, 0.29) is 42.6 Å². The first-order valence-electron chi connectivity index (χ1n) is 9.16. The number of hydrogen-bond donors (Lipinski definition) is 2. The maximum Gasteiger partial charge on any atom is 0.431 e. The first-order valence-corrected chi connectivity index (χ1v) is 10.8. The summed E-state index contributed by atoms with van der Waals surface area (Å²) in [5.41, 5.74) is -5.28. The molecule has 0 fully saturated rings. The molecule has 0 rings (SSSR count). The van der Waals surface area contributed by atoms with Crippen molar-refractivity contribution in [2.24, 2.45) is 0 Å². The number of carbonyl (C=O) groups is 1. The van der Waals surface area contributed by atoms with Crippen molar-refractivity contribution in [1.29, 1.82) is 0 Å². The number of carboxylic acids is 1. The summed E-state index contributed by atoms with van der Waals surface area (Å²) in [5, 5.41) is 8.76. The highest BCUT2D eigenvalue weighted by molar-refractivity contribution is 7.89. The van der Waals surface area contributed by atoms with Crippen molar-refractivity contribution >= 4 is 16.0 Å². The van der Waals surface area contributed by atoms with Crippen molar-refractivity contribution in [2.45, 2.75) is 56.5 Å². The van der Waals surface area contributed by atoms with Gasteiger partial charge in [-0.2, -0.15) is 26.3 Å². The lowest BCUT2D eigenvalue weighted by atomic mass is 9.96. The molecule has 0 aromatic carbocycles. The topological polar surface area (TPSA) is 83.5 Å². The highest BCUT2D eigenvalue weighted by Crippen LogP contribution is 2.49. The van der Waals surface area contributed by atoms with Gasteiger partial charge in [0.05, 0.1) is 26.4 Å². The van der Waals surface area contributed by atoms with E-state index < -0.39 is 46.9 Å². The van der Waals surface area contributed by atoms with Gasteiger partial charge in [-0.3, -0.25) is 0 Å². The number of hydrogen-bond acceptors (Lipinski definition) is 3. The second-order valence-electron chi connectivity index (χ2n) is 7.74. The number of nitrogens with zero attached hydrogens (tertiary/aromatic N) is 1. The van der Waals surface area contributed by atoms with Gasteiger partial charge in [-0.1, -0.05) is 12.8 Å². The van der Waals surface area contributed by atoms with Gasteiger partial charge < -0.3 is 9.59 Å². The van der Waals surface area contributed by atoms with E-state index in [0.717, 1.165) is 0 Å². The fourth-order valence-electron chi connectivity index (χ4n) is 2.71. The van der Waals surface area contributed by atoms with Crippen LogP contribution in [0.1, 0.15) is 38.5 Å². The van der Waals surface area contributed by atoms with Crippen LogP contribution in [0.4, 0.5) is 30.7 Å². The minimum atomic E-state index is -6.07. The summed E-state index contributed by atoms with van der Waals surface area (Å²) in [6, 6.07) is 0. The molecule has 0 aliphatic carbocycles. The predicted octanol–water partition coefficient (Wildman–Crippen LogP) is 3.24. The Labute approximate surface area is 171 Å². The molecule has 0 radical (unpaired) electrons. The molecular weight excluding hydrogens is 449 g/mol. The van der Waals surface area contributed by atoms with Gasteiger partial charge in [-0.25, -0.2) is 22.3 Å². The second kappa shape index (κ2) is 10.9. The molecule has 0 amide bonds. The molecule has 2 N–H and O–H groups in total. The molecule has 0 heterocycles. The molecule has 180 valence electrons. The van der Waals surface area contributed by atoms with Crippen molar-refractivity contribution in [3.63, 3.8) is 0 Å². The van der Waals surface area contributed by atoms with Crippen LogP contribution in [-0.2, 0) is 14.8 Å². The van der Waals surface area contributed by atoms with Crippen molar-refractivity contribution in [3.05, 3.63) is 0 Å². The number of likely N-dealkylation sites (N-methyl/N-ethyl adjacent to an activating group) is 1. The molecule has 0 saturated heterocycles. The molecule has 0 bridgehead atoms. The number of nitrogens with one attached hydrogen (secondary N) is 1. The molecule has 0 aromatic rings. The van der Waals surface area contributed by atoms with Gasteiger partial charge in [0.2, 0.25) is 10.0 Å². The second-order valence-corrected chi connectivity index (χ2v) is 9.67. The lowest BCUT2D eigenvalue weighted by Crippen LogP contribution is -2.53. The van der Waals surface area contributed by atoms with Gasteiger partial charge in [0.25, 0.3) is 5.67 Å². The third-order valence-electron chi connectivity index (χ3n) is 4.41. The smallest absolute Gasteiger partial charge is 0.431 e. The first kappa shape index (κ1) is 28.9. The average molecular weight is 477 g/mol. The van der Waals surface area contributed by atoms with Gasteiger partial charge in [0.15, 0.2) is 6.54 Å². The number of sulfonamides is 1. The molecule has 0 saturated carbocycles. The fourth-order valence-corrected chi connectivity index (χ4v) is 3.89. The third kappa shape index (κ3) is 10.2. The average Bonchev–Trinajstić information content (AvgIpc) is 2.51. The van der Waals surface area contributed by atoms with E-state index in [1.807, 2.05) is 0 Å². The van der Waals surface area contributed by atoms with Crippen LogP contribution in [0.25, 0.3) is 0 Å². The number of aliphatic carboxylic acids is 1. The largest absolute Gasteiger partial charge is 0.477 e. The van der Waals surface area contributed by atoms with Crippen LogP contribution in [0.3, 0.4) is 0 Å². The molecule has 0 aromatic heterocycles. The maximum absolute atomic E-state index is 13.4. The number of quaternary nitrogens is 1. The Balaban J connectivity index is 4.22. The van der Waals surface area contributed by atoms with E-state index in [1.54, 1.807) is 14.1 Å². The SMILES string of the molecule is C[N+](C)(CCCNS(=O)(=O)CCCCCCC(F)(C(F)(F)F)C(F)(F)F)CC(=O)O. The molecule has 0 unspecified atom stereocenters. The molecular formula is C16H28F7N2O4S+. The number of alkyl halides is 7. The Morgan fingerprint density at radius 1 is 0.900 bits per heavy atom. The maximum atomic E-state index is 13.4. The van der Waals surface area contributed by atoms with E-state index >= 15 is 0 Å². The van der Waals surface area contributed by atoms with E-state index in [4.69, 9.17) is 5.11 Å².